The summed E-state index contributed by atoms with van der Waals surface area (Å²) in [7, 11) is 0. The van der Waals surface area contributed by atoms with Crippen molar-refractivity contribution in [1.29, 1.82) is 0 Å². The fraction of sp³-hybridized carbons (Fsp3) is 0.500. The van der Waals surface area contributed by atoms with Gasteiger partial charge in [-0.25, -0.2) is 4.79 Å². The number of nitrogens with zero attached hydrogens (tertiary/aromatic N) is 1. The van der Waals surface area contributed by atoms with Crippen molar-refractivity contribution in [3.05, 3.63) is 11.1 Å². The van der Waals surface area contributed by atoms with Gasteiger partial charge in [-0.15, -0.1) is 0 Å². The Morgan fingerprint density at radius 1 is 1.69 bits per heavy atom. The average molecular weight is 200 g/mol. The smallest absolute Gasteiger partial charge is 0.411 e. The fourth-order valence-corrected chi connectivity index (χ4v) is 1.41. The Morgan fingerprint density at radius 3 is 2.85 bits per heavy atom. The van der Waals surface area contributed by atoms with E-state index in [9.17, 15) is 4.79 Å². The molecule has 1 amide bonds. The van der Waals surface area contributed by atoms with Gasteiger partial charge >= 0.3 is 6.09 Å². The van der Waals surface area contributed by atoms with Crippen molar-refractivity contribution >= 4 is 23.3 Å². The summed E-state index contributed by atoms with van der Waals surface area (Å²) in [5.41, 5.74) is 1.53. The van der Waals surface area contributed by atoms with Crippen molar-refractivity contribution in [2.24, 2.45) is 0 Å². The lowest BCUT2D eigenvalue weighted by Gasteiger charge is -2.08. The third-order valence-corrected chi connectivity index (χ3v) is 2.05. The van der Waals surface area contributed by atoms with Crippen LogP contribution in [-0.4, -0.2) is 16.6 Å². The molecule has 0 aromatic carbocycles. The van der Waals surface area contributed by atoms with Crippen LogP contribution in [0.3, 0.4) is 0 Å². The second kappa shape index (κ2) is 4.23. The molecule has 0 atom stereocenters. The van der Waals surface area contributed by atoms with Gasteiger partial charge in [0.15, 0.2) is 0 Å². The van der Waals surface area contributed by atoms with E-state index in [-0.39, 0.29) is 6.10 Å². The van der Waals surface area contributed by atoms with Crippen molar-refractivity contribution in [3.63, 3.8) is 0 Å². The third kappa shape index (κ3) is 3.02. The zero-order valence-corrected chi connectivity index (χ0v) is 8.64. The monoisotopic (exact) mass is 200 g/mol. The Balaban J connectivity index is 2.50. The predicted octanol–water partition coefficient (Wildman–Crippen LogP) is 2.41. The van der Waals surface area contributed by atoms with Crippen molar-refractivity contribution in [2.75, 3.05) is 5.32 Å². The van der Waals surface area contributed by atoms with E-state index in [1.54, 1.807) is 19.2 Å². The van der Waals surface area contributed by atoms with E-state index >= 15 is 0 Å². The average Bonchev–Trinajstić information content (AvgIpc) is 2.34. The van der Waals surface area contributed by atoms with Gasteiger partial charge in [-0.3, -0.25) is 5.32 Å². The van der Waals surface area contributed by atoms with E-state index in [4.69, 9.17) is 4.74 Å². The summed E-state index contributed by atoms with van der Waals surface area (Å²) in [5, 5.41) is 4.38. The molecule has 1 N–H and O–H groups in total. The standard InChI is InChI=1S/C8H12N2O2S/c1-5(2)12-8(11)9-7-4-13-10-6(7)3/h4-5H,1-3H3,(H,9,11). The molecule has 1 aromatic rings. The van der Waals surface area contributed by atoms with Crippen LogP contribution < -0.4 is 5.32 Å². The molecule has 13 heavy (non-hydrogen) atoms. The minimum Gasteiger partial charge on any atom is -0.447 e. The van der Waals surface area contributed by atoms with E-state index in [1.807, 2.05) is 6.92 Å². The van der Waals surface area contributed by atoms with E-state index in [0.717, 1.165) is 11.4 Å². The minimum absolute atomic E-state index is 0.105. The summed E-state index contributed by atoms with van der Waals surface area (Å²) in [4.78, 5) is 11.1. The van der Waals surface area contributed by atoms with Crippen LogP contribution >= 0.6 is 11.5 Å². The summed E-state index contributed by atoms with van der Waals surface area (Å²) in [5.74, 6) is 0. The number of rotatable bonds is 2. The maximum Gasteiger partial charge on any atom is 0.411 e. The van der Waals surface area contributed by atoms with Crippen molar-refractivity contribution in [3.8, 4) is 0 Å². The zero-order valence-electron chi connectivity index (χ0n) is 7.83. The molecule has 0 fully saturated rings. The van der Waals surface area contributed by atoms with Crippen LogP contribution in [0.15, 0.2) is 5.38 Å². The molecule has 4 nitrogen and oxygen atoms in total. The maximum atomic E-state index is 11.1. The molecule has 0 bridgehead atoms. The molecule has 0 saturated heterocycles. The molecule has 1 rings (SSSR count). The summed E-state index contributed by atoms with van der Waals surface area (Å²) in [6.07, 6.45) is -0.537. The second-order valence-electron chi connectivity index (χ2n) is 2.89. The van der Waals surface area contributed by atoms with Crippen LogP contribution in [0.25, 0.3) is 0 Å². The lowest BCUT2D eigenvalue weighted by molar-refractivity contribution is 0.130. The van der Waals surface area contributed by atoms with Gasteiger partial charge in [-0.05, 0) is 32.3 Å². The van der Waals surface area contributed by atoms with Crippen LogP contribution in [0.5, 0.6) is 0 Å². The SMILES string of the molecule is Cc1nscc1NC(=O)OC(C)C. The largest absolute Gasteiger partial charge is 0.447 e. The normalized spacial score (nSPS) is 10.2. The van der Waals surface area contributed by atoms with Crippen molar-refractivity contribution < 1.29 is 9.53 Å². The molecule has 0 radical (unpaired) electrons. The molecular weight excluding hydrogens is 188 g/mol. The topological polar surface area (TPSA) is 51.2 Å². The highest BCUT2D eigenvalue weighted by molar-refractivity contribution is 7.04. The molecule has 72 valence electrons. The molecule has 0 aliphatic heterocycles. The lowest BCUT2D eigenvalue weighted by atomic mass is 10.4. The summed E-state index contributed by atoms with van der Waals surface area (Å²) in [6.45, 7) is 5.44. The fourth-order valence-electron chi connectivity index (χ4n) is 0.766. The third-order valence-electron chi connectivity index (χ3n) is 1.33. The number of anilines is 1. The molecule has 0 spiro atoms. The van der Waals surface area contributed by atoms with E-state index < -0.39 is 6.09 Å². The molecule has 1 heterocycles. The number of aromatic nitrogens is 1. The van der Waals surface area contributed by atoms with Gasteiger partial charge in [0.2, 0.25) is 0 Å². The highest BCUT2D eigenvalue weighted by Crippen LogP contribution is 2.15. The van der Waals surface area contributed by atoms with Crippen LogP contribution in [0.1, 0.15) is 19.5 Å². The van der Waals surface area contributed by atoms with Gasteiger partial charge in [-0.2, -0.15) is 4.37 Å². The van der Waals surface area contributed by atoms with Crippen molar-refractivity contribution in [2.45, 2.75) is 26.9 Å². The number of carbonyl (C=O) groups excluding carboxylic acids is 1. The molecule has 0 aliphatic rings. The van der Waals surface area contributed by atoms with Crippen LogP contribution in [-0.2, 0) is 4.74 Å². The molecule has 0 saturated carbocycles. The summed E-state index contributed by atoms with van der Waals surface area (Å²) < 4.78 is 8.93. The number of aryl methyl sites for hydroxylation is 1. The van der Waals surface area contributed by atoms with Gasteiger partial charge in [0, 0.05) is 5.38 Å². The quantitative estimate of drug-likeness (QED) is 0.797. The Morgan fingerprint density at radius 2 is 2.38 bits per heavy atom. The van der Waals surface area contributed by atoms with Crippen LogP contribution in [0.2, 0.25) is 0 Å². The molecular formula is C8H12N2O2S. The number of carbonyl (C=O) groups is 1. The number of amides is 1. The van der Waals surface area contributed by atoms with Crippen molar-refractivity contribution in [1.82, 2.24) is 4.37 Å². The Bertz CT molecular complexity index is 296. The number of nitrogens with one attached hydrogen (secondary N) is 1. The number of hydrogen-bond donors (Lipinski definition) is 1. The first-order chi connectivity index (χ1) is 6.09. The highest BCUT2D eigenvalue weighted by atomic mass is 32.1. The van der Waals surface area contributed by atoms with E-state index in [2.05, 4.69) is 9.69 Å². The van der Waals surface area contributed by atoms with Crippen LogP contribution in [0, 0.1) is 6.92 Å². The van der Waals surface area contributed by atoms with Gasteiger partial charge in [-0.1, -0.05) is 0 Å². The first-order valence-electron chi connectivity index (χ1n) is 3.98. The summed E-state index contributed by atoms with van der Waals surface area (Å²) in [6, 6.07) is 0. The molecule has 0 aliphatic carbocycles. The first-order valence-corrected chi connectivity index (χ1v) is 4.82. The second-order valence-corrected chi connectivity index (χ2v) is 3.52. The van der Waals surface area contributed by atoms with E-state index in [1.165, 1.54) is 11.5 Å². The molecule has 0 unspecified atom stereocenters. The highest BCUT2D eigenvalue weighted by Gasteiger charge is 2.08. The van der Waals surface area contributed by atoms with Gasteiger partial charge in [0.05, 0.1) is 17.5 Å². The Labute approximate surface area is 81.1 Å². The molecule has 5 heteroatoms. The van der Waals surface area contributed by atoms with Gasteiger partial charge in [0.1, 0.15) is 0 Å². The lowest BCUT2D eigenvalue weighted by Crippen LogP contribution is -2.18. The predicted molar refractivity (Wildman–Crippen MR) is 52.1 cm³/mol. The number of ether oxygens (including phenoxy) is 1. The van der Waals surface area contributed by atoms with Gasteiger partial charge in [0.25, 0.3) is 0 Å². The number of hydrogen-bond acceptors (Lipinski definition) is 4. The molecule has 1 aromatic heterocycles. The Hall–Kier alpha value is -1.10. The minimum atomic E-state index is -0.432. The zero-order chi connectivity index (χ0) is 9.84. The maximum absolute atomic E-state index is 11.1. The summed E-state index contributed by atoms with van der Waals surface area (Å²) >= 11 is 1.31. The Kier molecular flexibility index (Phi) is 3.25. The van der Waals surface area contributed by atoms with Crippen LogP contribution in [0.4, 0.5) is 10.5 Å². The van der Waals surface area contributed by atoms with Gasteiger partial charge < -0.3 is 4.74 Å². The first kappa shape index (κ1) is 9.98. The van der Waals surface area contributed by atoms with E-state index in [0.29, 0.717) is 0 Å².